The van der Waals surface area contributed by atoms with Gasteiger partial charge in [0.1, 0.15) is 6.33 Å². The molecule has 4 rings (SSSR count). The second-order valence-electron chi connectivity index (χ2n) is 6.76. The minimum absolute atomic E-state index is 0.0483. The fourth-order valence-electron chi connectivity index (χ4n) is 2.66. The molecule has 162 valence electrons. The predicted molar refractivity (Wildman–Crippen MR) is 110 cm³/mol. The zero-order valence-electron chi connectivity index (χ0n) is 16.2. The first kappa shape index (κ1) is 21.1. The number of nitrogens with one attached hydrogen (secondary N) is 1. The van der Waals surface area contributed by atoms with Crippen LogP contribution in [0.2, 0.25) is 0 Å². The molecule has 13 heteroatoms. The molecule has 0 atom stereocenters. The van der Waals surface area contributed by atoms with Gasteiger partial charge < -0.3 is 9.40 Å². The third kappa shape index (κ3) is 4.77. The highest BCUT2D eigenvalue weighted by atomic mass is 32.2. The lowest BCUT2D eigenvalue weighted by atomic mass is 10.1. The van der Waals surface area contributed by atoms with E-state index in [0.717, 1.165) is 6.20 Å². The monoisotopic (exact) mass is 464 g/mol. The Hall–Kier alpha value is -3.19. The number of carbonyl (C=O) groups excluding carboxylic acids is 1. The van der Waals surface area contributed by atoms with Crippen molar-refractivity contribution in [1.29, 1.82) is 0 Å². The Labute approximate surface area is 180 Å². The second kappa shape index (κ2) is 8.51. The molecule has 3 aromatic rings. The van der Waals surface area contributed by atoms with Crippen LogP contribution in [0.25, 0.3) is 0 Å². The molecule has 1 fully saturated rings. The molecule has 0 saturated heterocycles. The first-order chi connectivity index (χ1) is 14.8. The van der Waals surface area contributed by atoms with Crippen LogP contribution in [-0.4, -0.2) is 45.0 Å². The van der Waals surface area contributed by atoms with Crippen molar-refractivity contribution in [1.82, 2.24) is 19.7 Å². The number of aromatic nitrogens is 4. The molecule has 0 unspecified atom stereocenters. The van der Waals surface area contributed by atoms with Crippen molar-refractivity contribution in [2.45, 2.75) is 29.6 Å². The van der Waals surface area contributed by atoms with E-state index >= 15 is 0 Å². The van der Waals surface area contributed by atoms with Crippen LogP contribution in [-0.2, 0) is 33.1 Å². The van der Waals surface area contributed by atoms with Crippen LogP contribution >= 0.6 is 11.3 Å². The van der Waals surface area contributed by atoms with Gasteiger partial charge in [-0.1, -0.05) is 28.6 Å². The molecule has 1 amide bonds. The lowest BCUT2D eigenvalue weighted by molar-refractivity contribution is -0.110. The Balaban J connectivity index is 1.58. The van der Waals surface area contributed by atoms with Crippen LogP contribution < -0.4 is 5.32 Å². The Morgan fingerprint density at radius 1 is 1.35 bits per heavy atom. The highest BCUT2D eigenvalue weighted by Crippen LogP contribution is 2.33. The fraction of sp³-hybridized carbons (Fsp3) is 0.278. The van der Waals surface area contributed by atoms with E-state index in [0.29, 0.717) is 35.6 Å². The Morgan fingerprint density at radius 2 is 2.10 bits per heavy atom. The Kier molecular flexibility index (Phi) is 5.78. The van der Waals surface area contributed by atoms with E-state index in [9.17, 15) is 17.6 Å². The van der Waals surface area contributed by atoms with Gasteiger partial charge >= 0.3 is 0 Å². The lowest BCUT2D eigenvalue weighted by Gasteiger charge is -2.08. The van der Waals surface area contributed by atoms with Crippen molar-refractivity contribution in [3.8, 4) is 0 Å². The van der Waals surface area contributed by atoms with Gasteiger partial charge in [0.05, 0.1) is 16.3 Å². The van der Waals surface area contributed by atoms with Gasteiger partial charge in [-0.2, -0.15) is 4.39 Å². The number of amides is 1. The molecule has 1 N–H and O–H groups in total. The first-order valence-electron chi connectivity index (χ1n) is 9.14. The van der Waals surface area contributed by atoms with Crippen LogP contribution in [0, 0.1) is 5.13 Å². The van der Waals surface area contributed by atoms with Crippen molar-refractivity contribution < 1.29 is 22.4 Å². The third-order valence-electron chi connectivity index (χ3n) is 4.49. The summed E-state index contributed by atoms with van der Waals surface area (Å²) in [5, 5.41) is 13.1. The van der Waals surface area contributed by atoms with Crippen molar-refractivity contribution in [2.75, 3.05) is 5.32 Å². The quantitative estimate of drug-likeness (QED) is 0.398. The normalized spacial score (nSPS) is 14.5. The SMILES string of the molecule is Cn1cnnc1CO/N=C(/C(=O)Nc1ncc(F)s1)c1ccc(S(=O)(=O)C2CC2)cc1. The van der Waals surface area contributed by atoms with Gasteiger partial charge in [-0.25, -0.2) is 13.4 Å². The summed E-state index contributed by atoms with van der Waals surface area (Å²) in [5.41, 5.74) is 0.190. The van der Waals surface area contributed by atoms with Gasteiger partial charge in [0.2, 0.25) is 0 Å². The average molecular weight is 465 g/mol. The smallest absolute Gasteiger partial charge is 0.280 e. The topological polar surface area (TPSA) is 128 Å². The van der Waals surface area contributed by atoms with Gasteiger partial charge in [-0.15, -0.1) is 10.2 Å². The van der Waals surface area contributed by atoms with Gasteiger partial charge in [-0.3, -0.25) is 10.1 Å². The zero-order valence-corrected chi connectivity index (χ0v) is 17.9. The Morgan fingerprint density at radius 3 is 2.68 bits per heavy atom. The number of carbonyl (C=O) groups is 1. The molecule has 0 spiro atoms. The molecule has 10 nitrogen and oxygen atoms in total. The number of hydrogen-bond acceptors (Lipinski definition) is 9. The van der Waals surface area contributed by atoms with E-state index in [1.807, 2.05) is 0 Å². The zero-order chi connectivity index (χ0) is 22.0. The molecule has 0 aliphatic heterocycles. The molecular weight excluding hydrogens is 447 g/mol. The molecule has 1 aliphatic carbocycles. The number of hydrogen-bond donors (Lipinski definition) is 1. The first-order valence-corrected chi connectivity index (χ1v) is 11.5. The molecule has 2 heterocycles. The van der Waals surface area contributed by atoms with E-state index in [-0.39, 0.29) is 27.6 Å². The Bertz CT molecular complexity index is 1230. The largest absolute Gasteiger partial charge is 0.387 e. The maximum Gasteiger partial charge on any atom is 0.280 e. The summed E-state index contributed by atoms with van der Waals surface area (Å²) in [4.78, 5) is 22.0. The lowest BCUT2D eigenvalue weighted by Crippen LogP contribution is -2.24. The summed E-state index contributed by atoms with van der Waals surface area (Å²) in [6, 6.07) is 5.80. The van der Waals surface area contributed by atoms with Crippen LogP contribution in [0.3, 0.4) is 0 Å². The highest BCUT2D eigenvalue weighted by molar-refractivity contribution is 7.92. The van der Waals surface area contributed by atoms with Crippen LogP contribution in [0.4, 0.5) is 9.52 Å². The number of oxime groups is 1. The predicted octanol–water partition coefficient (Wildman–Crippen LogP) is 1.91. The summed E-state index contributed by atoms with van der Waals surface area (Å²) >= 11 is 0.662. The number of anilines is 1. The number of benzene rings is 1. The number of halogens is 1. The van der Waals surface area contributed by atoms with Crippen LogP contribution in [0.15, 0.2) is 46.8 Å². The molecule has 2 aromatic heterocycles. The fourth-order valence-corrected chi connectivity index (χ4v) is 4.86. The maximum atomic E-state index is 13.2. The van der Waals surface area contributed by atoms with Crippen molar-refractivity contribution >= 4 is 37.9 Å². The number of sulfone groups is 1. The van der Waals surface area contributed by atoms with E-state index in [1.165, 1.54) is 30.6 Å². The minimum Gasteiger partial charge on any atom is -0.387 e. The second-order valence-corrected chi connectivity index (χ2v) is 9.97. The van der Waals surface area contributed by atoms with E-state index in [1.54, 1.807) is 11.6 Å². The summed E-state index contributed by atoms with van der Waals surface area (Å²) in [6.45, 7) is -0.0483. The molecule has 1 aromatic carbocycles. The van der Waals surface area contributed by atoms with Gasteiger partial charge in [0.15, 0.2) is 38.2 Å². The summed E-state index contributed by atoms with van der Waals surface area (Å²) in [7, 11) is -1.64. The van der Waals surface area contributed by atoms with Crippen molar-refractivity contribution in [3.05, 3.63) is 53.3 Å². The van der Waals surface area contributed by atoms with Gasteiger partial charge in [0.25, 0.3) is 5.91 Å². The third-order valence-corrected chi connectivity index (χ3v) is 7.47. The van der Waals surface area contributed by atoms with E-state index < -0.39 is 20.9 Å². The van der Waals surface area contributed by atoms with E-state index in [4.69, 9.17) is 4.84 Å². The van der Waals surface area contributed by atoms with Crippen LogP contribution in [0.5, 0.6) is 0 Å². The molecule has 0 bridgehead atoms. The number of rotatable bonds is 8. The molecule has 1 saturated carbocycles. The van der Waals surface area contributed by atoms with Crippen molar-refractivity contribution in [2.24, 2.45) is 12.2 Å². The molecule has 0 radical (unpaired) electrons. The maximum absolute atomic E-state index is 13.2. The molecule has 1 aliphatic rings. The van der Waals surface area contributed by atoms with E-state index in [2.05, 4.69) is 25.7 Å². The summed E-state index contributed by atoms with van der Waals surface area (Å²) in [6.07, 6.45) is 3.78. The van der Waals surface area contributed by atoms with Gasteiger partial charge in [0, 0.05) is 12.6 Å². The average Bonchev–Trinajstić information content (AvgIpc) is 3.43. The highest BCUT2D eigenvalue weighted by Gasteiger charge is 2.36. The summed E-state index contributed by atoms with van der Waals surface area (Å²) < 4.78 is 39.6. The standard InChI is InChI=1S/C18H17FN6O4S2/c1-25-10-21-23-15(25)9-29-24-16(17(26)22-18-20-8-14(19)30-18)11-2-4-12(5-3-11)31(27,28)13-6-7-13/h2-5,8,10,13H,6-7,9H2,1H3,(H,20,22,26)/b24-16+. The summed E-state index contributed by atoms with van der Waals surface area (Å²) in [5.74, 6) is -0.207. The number of nitrogens with zero attached hydrogens (tertiary/aromatic N) is 5. The molecule has 31 heavy (non-hydrogen) atoms. The van der Waals surface area contributed by atoms with Crippen molar-refractivity contribution in [3.63, 3.8) is 0 Å². The minimum atomic E-state index is -3.37. The van der Waals surface area contributed by atoms with Crippen LogP contribution in [0.1, 0.15) is 24.2 Å². The number of aryl methyl sites for hydroxylation is 1. The number of thiazole rings is 1. The van der Waals surface area contributed by atoms with Gasteiger partial charge in [-0.05, 0) is 25.0 Å². The molecular formula is C18H17FN6O4S2.